The molecule has 0 saturated carbocycles. The number of ether oxygens (including phenoxy) is 1. The van der Waals surface area contributed by atoms with Gasteiger partial charge in [-0.05, 0) is 29.7 Å². The smallest absolute Gasteiger partial charge is 0.295 e. The first kappa shape index (κ1) is 27.2. The molecule has 1 aliphatic heterocycles. The van der Waals surface area contributed by atoms with Crippen LogP contribution in [0, 0.1) is 10.1 Å². The van der Waals surface area contributed by atoms with E-state index in [2.05, 4.69) is 16.3 Å². The minimum Gasteiger partial charge on any atom is -0.506 e. The summed E-state index contributed by atoms with van der Waals surface area (Å²) >= 11 is 0. The van der Waals surface area contributed by atoms with Gasteiger partial charge in [-0.2, -0.15) is 8.42 Å². The van der Waals surface area contributed by atoms with Crippen molar-refractivity contribution >= 4 is 54.8 Å². The Morgan fingerprint density at radius 2 is 1.51 bits per heavy atom. The maximum atomic E-state index is 11.7. The van der Waals surface area contributed by atoms with Crippen LogP contribution in [0.5, 0.6) is 17.2 Å². The molecular weight excluding hydrogens is 550 g/mol. The number of hydrogen-bond acceptors (Lipinski definition) is 9. The Hall–Kier alpha value is -5.33. The van der Waals surface area contributed by atoms with Gasteiger partial charge in [-0.1, -0.05) is 54.6 Å². The lowest BCUT2D eigenvalue weighted by Crippen LogP contribution is -2.00. The number of aromatic hydroxyl groups is 2. The lowest BCUT2D eigenvalue weighted by Gasteiger charge is -2.10. The molecule has 1 heterocycles. The SMILES string of the molecule is C1=Cc2ccccc2OC1.O=[N+]([O-])c1ccc2c(N=Nc3c(O)ccc4ccccc34)c(O)cc(S(=O)(=O)O)c2c1. The maximum absolute atomic E-state index is 11.7. The van der Waals surface area contributed by atoms with Crippen LogP contribution >= 0.6 is 0 Å². The number of nitro benzene ring substituents is 1. The zero-order valence-corrected chi connectivity index (χ0v) is 21.9. The monoisotopic (exact) mass is 571 g/mol. The van der Waals surface area contributed by atoms with E-state index in [1.165, 1.54) is 17.7 Å². The number of fused-ring (bicyclic) bond motifs is 3. The fourth-order valence-corrected chi connectivity index (χ4v) is 5.00. The average Bonchev–Trinajstić information content (AvgIpc) is 2.96. The van der Waals surface area contributed by atoms with Crippen LogP contribution in [0.15, 0.2) is 106 Å². The number of azo groups is 1. The number of para-hydroxylation sites is 1. The van der Waals surface area contributed by atoms with Crippen LogP contribution in [-0.2, 0) is 10.1 Å². The largest absolute Gasteiger partial charge is 0.506 e. The van der Waals surface area contributed by atoms with Crippen LogP contribution in [0.25, 0.3) is 27.6 Å². The van der Waals surface area contributed by atoms with Gasteiger partial charge >= 0.3 is 0 Å². The predicted molar refractivity (Wildman–Crippen MR) is 153 cm³/mol. The number of phenolic OH excluding ortho intramolecular Hbond substituents is 2. The molecule has 1 aliphatic rings. The molecule has 11 nitrogen and oxygen atoms in total. The van der Waals surface area contributed by atoms with E-state index in [-0.39, 0.29) is 27.9 Å². The summed E-state index contributed by atoms with van der Waals surface area (Å²) in [4.78, 5) is 9.67. The second-order valence-electron chi connectivity index (χ2n) is 8.81. The van der Waals surface area contributed by atoms with E-state index in [1.807, 2.05) is 30.3 Å². The van der Waals surface area contributed by atoms with Gasteiger partial charge in [0.1, 0.15) is 40.1 Å². The van der Waals surface area contributed by atoms with Crippen molar-refractivity contribution < 1.29 is 32.8 Å². The molecule has 0 bridgehead atoms. The fraction of sp³-hybridized carbons (Fsp3) is 0.0345. The standard InChI is InChI=1S/C20H13N3O7S.C9H8O/c24-16-8-5-11-3-1-2-4-13(11)19(16)21-22-20-14-7-6-12(23(26)27)9-15(14)18(10-17(20)25)31(28,29)30;1-2-6-9-8(4-1)5-3-7-10-9/h1-10,24-25H,(H,28,29,30);1-6H,7H2. The number of non-ortho nitro benzene ring substituents is 1. The fourth-order valence-electron chi connectivity index (χ4n) is 4.29. The summed E-state index contributed by atoms with van der Waals surface area (Å²) in [5, 5.41) is 40.8. The number of rotatable bonds is 4. The van der Waals surface area contributed by atoms with Gasteiger partial charge in [0.2, 0.25) is 0 Å². The summed E-state index contributed by atoms with van der Waals surface area (Å²) in [7, 11) is -4.81. The van der Waals surface area contributed by atoms with Crippen molar-refractivity contribution in [3.63, 3.8) is 0 Å². The zero-order chi connectivity index (χ0) is 29.1. The number of benzene rings is 5. The summed E-state index contributed by atoms with van der Waals surface area (Å²) < 4.78 is 38.3. The molecule has 0 amide bonds. The van der Waals surface area contributed by atoms with Crippen molar-refractivity contribution in [1.82, 2.24) is 0 Å². The molecule has 5 aromatic rings. The molecule has 0 spiro atoms. The molecule has 3 N–H and O–H groups in total. The number of phenols is 2. The van der Waals surface area contributed by atoms with Crippen LogP contribution in [0.1, 0.15) is 5.56 Å². The molecule has 206 valence electrons. The molecule has 0 radical (unpaired) electrons. The Bertz CT molecular complexity index is 1990. The summed E-state index contributed by atoms with van der Waals surface area (Å²) in [6.07, 6.45) is 4.10. The third kappa shape index (κ3) is 5.69. The van der Waals surface area contributed by atoms with Gasteiger partial charge in [0.25, 0.3) is 15.8 Å². The topological polar surface area (TPSA) is 172 Å². The molecule has 0 fully saturated rings. The second-order valence-corrected chi connectivity index (χ2v) is 10.2. The molecule has 0 atom stereocenters. The van der Waals surface area contributed by atoms with Gasteiger partial charge < -0.3 is 14.9 Å². The van der Waals surface area contributed by atoms with Gasteiger partial charge in [0.05, 0.1) is 4.92 Å². The second kappa shape index (κ2) is 11.0. The van der Waals surface area contributed by atoms with Crippen molar-refractivity contribution in [3.05, 3.63) is 107 Å². The van der Waals surface area contributed by atoms with E-state index in [9.17, 15) is 33.3 Å². The van der Waals surface area contributed by atoms with Crippen molar-refractivity contribution in [2.75, 3.05) is 6.61 Å². The molecule has 0 aliphatic carbocycles. The normalized spacial score (nSPS) is 12.5. The highest BCUT2D eigenvalue weighted by Gasteiger charge is 2.22. The molecule has 6 rings (SSSR count). The molecule has 5 aromatic carbocycles. The van der Waals surface area contributed by atoms with Crippen LogP contribution in [-0.4, -0.2) is 34.7 Å². The Morgan fingerprint density at radius 3 is 2.24 bits per heavy atom. The van der Waals surface area contributed by atoms with Gasteiger partial charge in [-0.15, -0.1) is 10.2 Å². The molecule has 12 heteroatoms. The quantitative estimate of drug-likeness (QED) is 0.0889. The van der Waals surface area contributed by atoms with Gasteiger partial charge in [-0.25, -0.2) is 0 Å². The lowest BCUT2D eigenvalue weighted by atomic mass is 10.1. The molecule has 0 unspecified atom stereocenters. The molecule has 41 heavy (non-hydrogen) atoms. The van der Waals surface area contributed by atoms with E-state index in [0.717, 1.165) is 29.3 Å². The van der Waals surface area contributed by atoms with E-state index < -0.39 is 31.4 Å². The lowest BCUT2D eigenvalue weighted by molar-refractivity contribution is -0.384. The summed E-state index contributed by atoms with van der Waals surface area (Å²) in [5.41, 5.74) is 0.683. The first-order valence-corrected chi connectivity index (χ1v) is 13.5. The maximum Gasteiger partial charge on any atom is 0.295 e. The first-order chi connectivity index (χ1) is 19.6. The molecule has 0 saturated heterocycles. The number of hydrogen-bond donors (Lipinski definition) is 3. The minimum atomic E-state index is -4.81. The van der Waals surface area contributed by atoms with Crippen molar-refractivity contribution in [1.29, 1.82) is 0 Å². The highest BCUT2D eigenvalue weighted by atomic mass is 32.2. The van der Waals surface area contributed by atoms with Crippen molar-refractivity contribution in [2.45, 2.75) is 4.90 Å². The third-order valence-electron chi connectivity index (χ3n) is 6.20. The minimum absolute atomic E-state index is 0.00158. The van der Waals surface area contributed by atoms with Crippen LogP contribution in [0.2, 0.25) is 0 Å². The molecular formula is C29H21N3O8S. The first-order valence-electron chi connectivity index (χ1n) is 12.1. The van der Waals surface area contributed by atoms with Gasteiger partial charge in [0.15, 0.2) is 0 Å². The van der Waals surface area contributed by atoms with E-state index in [4.69, 9.17) is 4.74 Å². The van der Waals surface area contributed by atoms with Crippen LogP contribution in [0.3, 0.4) is 0 Å². The Kier molecular flexibility index (Phi) is 7.34. The predicted octanol–water partition coefficient (Wildman–Crippen LogP) is 7.07. The van der Waals surface area contributed by atoms with Crippen LogP contribution < -0.4 is 4.74 Å². The molecule has 0 aromatic heterocycles. The highest BCUT2D eigenvalue weighted by Crippen LogP contribution is 2.43. The Balaban J connectivity index is 0.000000282. The number of nitrogens with zero attached hydrogens (tertiary/aromatic N) is 3. The summed E-state index contributed by atoms with van der Waals surface area (Å²) in [6.45, 7) is 0.705. The zero-order valence-electron chi connectivity index (χ0n) is 21.1. The van der Waals surface area contributed by atoms with Crippen LogP contribution in [0.4, 0.5) is 17.1 Å². The van der Waals surface area contributed by atoms with Gasteiger partial charge in [-0.3, -0.25) is 14.7 Å². The van der Waals surface area contributed by atoms with Gasteiger partial charge in [0, 0.05) is 39.9 Å². The summed E-state index contributed by atoms with van der Waals surface area (Å²) in [5.74, 6) is 0.193. The highest BCUT2D eigenvalue weighted by molar-refractivity contribution is 7.86. The number of nitro groups is 1. The third-order valence-corrected chi connectivity index (χ3v) is 7.10. The Morgan fingerprint density at radius 1 is 0.805 bits per heavy atom. The van der Waals surface area contributed by atoms with E-state index in [1.54, 1.807) is 30.3 Å². The van der Waals surface area contributed by atoms with E-state index >= 15 is 0 Å². The summed E-state index contributed by atoms with van der Waals surface area (Å²) in [6, 6.07) is 22.2. The Labute approximate surface area is 233 Å². The van der Waals surface area contributed by atoms with Crippen molar-refractivity contribution in [2.24, 2.45) is 10.2 Å². The van der Waals surface area contributed by atoms with Crippen molar-refractivity contribution in [3.8, 4) is 17.2 Å². The average molecular weight is 572 g/mol. The van der Waals surface area contributed by atoms with E-state index in [0.29, 0.717) is 12.0 Å².